The molecule has 0 radical (unpaired) electrons. The molecule has 19 heavy (non-hydrogen) atoms. The van der Waals surface area contributed by atoms with Crippen molar-refractivity contribution >= 4 is 15.7 Å². The standard InChI is InChI=1S/C13H23N3O2S/c1-4-15-19(17,18)13-8-6-5-7-12(13)16(10-9-14)11(2)3/h5-8,11,15H,4,9-10,14H2,1-3H3. The molecule has 0 aromatic heterocycles. The van der Waals surface area contributed by atoms with Crippen LogP contribution in [0.15, 0.2) is 29.2 Å². The van der Waals surface area contributed by atoms with Gasteiger partial charge < -0.3 is 10.6 Å². The molecule has 0 spiro atoms. The smallest absolute Gasteiger partial charge is 0.242 e. The minimum absolute atomic E-state index is 0.182. The fourth-order valence-electron chi connectivity index (χ4n) is 1.99. The lowest BCUT2D eigenvalue weighted by molar-refractivity contribution is 0.582. The van der Waals surface area contributed by atoms with Gasteiger partial charge in [-0.15, -0.1) is 0 Å². The van der Waals surface area contributed by atoms with Crippen molar-refractivity contribution in [3.8, 4) is 0 Å². The van der Waals surface area contributed by atoms with Crippen molar-refractivity contribution in [2.75, 3.05) is 24.5 Å². The number of anilines is 1. The number of hydrogen-bond acceptors (Lipinski definition) is 4. The molecule has 6 heteroatoms. The first kappa shape index (κ1) is 15.9. The molecule has 0 bridgehead atoms. The van der Waals surface area contributed by atoms with E-state index in [0.717, 1.165) is 0 Å². The second-order valence-corrected chi connectivity index (χ2v) is 6.28. The molecule has 108 valence electrons. The summed E-state index contributed by atoms with van der Waals surface area (Å²) in [6.45, 7) is 7.28. The third kappa shape index (κ3) is 3.92. The highest BCUT2D eigenvalue weighted by Gasteiger charge is 2.21. The van der Waals surface area contributed by atoms with Crippen molar-refractivity contribution in [3.05, 3.63) is 24.3 Å². The third-order valence-corrected chi connectivity index (χ3v) is 4.38. The number of para-hydroxylation sites is 1. The highest BCUT2D eigenvalue weighted by molar-refractivity contribution is 7.89. The van der Waals surface area contributed by atoms with Gasteiger partial charge in [-0.05, 0) is 26.0 Å². The van der Waals surface area contributed by atoms with Gasteiger partial charge in [0.05, 0.1) is 5.69 Å². The second-order valence-electron chi connectivity index (χ2n) is 4.54. The SMILES string of the molecule is CCNS(=O)(=O)c1ccccc1N(CCN)C(C)C. The molecule has 0 saturated carbocycles. The molecule has 0 aliphatic rings. The Labute approximate surface area is 115 Å². The van der Waals surface area contributed by atoms with Crippen LogP contribution >= 0.6 is 0 Å². The Morgan fingerprint density at radius 1 is 1.32 bits per heavy atom. The van der Waals surface area contributed by atoms with E-state index in [9.17, 15) is 8.42 Å². The summed E-state index contributed by atoms with van der Waals surface area (Å²) in [7, 11) is -3.47. The van der Waals surface area contributed by atoms with Crippen molar-refractivity contribution in [1.82, 2.24) is 4.72 Å². The van der Waals surface area contributed by atoms with Crippen LogP contribution in [0, 0.1) is 0 Å². The van der Waals surface area contributed by atoms with Crippen molar-refractivity contribution in [1.29, 1.82) is 0 Å². The van der Waals surface area contributed by atoms with Gasteiger partial charge in [0.1, 0.15) is 4.90 Å². The molecule has 0 saturated heterocycles. The van der Waals surface area contributed by atoms with Crippen molar-refractivity contribution in [3.63, 3.8) is 0 Å². The molecule has 5 nitrogen and oxygen atoms in total. The predicted molar refractivity (Wildman–Crippen MR) is 78.8 cm³/mol. The van der Waals surface area contributed by atoms with Crippen molar-refractivity contribution in [2.24, 2.45) is 5.73 Å². The van der Waals surface area contributed by atoms with Gasteiger partial charge >= 0.3 is 0 Å². The fourth-order valence-corrected chi connectivity index (χ4v) is 3.24. The molecule has 0 aliphatic carbocycles. The van der Waals surface area contributed by atoms with Gasteiger partial charge in [0.2, 0.25) is 10.0 Å². The Balaban J connectivity index is 3.28. The highest BCUT2D eigenvalue weighted by atomic mass is 32.2. The normalized spacial score (nSPS) is 11.8. The molecular formula is C13H23N3O2S. The van der Waals surface area contributed by atoms with Gasteiger partial charge in [0, 0.05) is 25.7 Å². The largest absolute Gasteiger partial charge is 0.367 e. The maximum absolute atomic E-state index is 12.2. The summed E-state index contributed by atoms with van der Waals surface area (Å²) in [4.78, 5) is 2.31. The van der Waals surface area contributed by atoms with Crippen molar-refractivity contribution in [2.45, 2.75) is 31.7 Å². The minimum atomic E-state index is -3.47. The van der Waals surface area contributed by atoms with Gasteiger partial charge in [0.15, 0.2) is 0 Å². The minimum Gasteiger partial charge on any atom is -0.367 e. The summed E-state index contributed by atoms with van der Waals surface area (Å²) in [6, 6.07) is 7.20. The number of nitrogens with zero attached hydrogens (tertiary/aromatic N) is 1. The van der Waals surface area contributed by atoms with E-state index in [1.54, 1.807) is 19.1 Å². The lowest BCUT2D eigenvalue weighted by Gasteiger charge is -2.30. The predicted octanol–water partition coefficient (Wildman–Crippen LogP) is 1.16. The summed E-state index contributed by atoms with van der Waals surface area (Å²) in [6.07, 6.45) is 0. The van der Waals surface area contributed by atoms with Crippen LogP contribution in [0.2, 0.25) is 0 Å². The van der Waals surface area contributed by atoms with Crippen LogP contribution < -0.4 is 15.4 Å². The Morgan fingerprint density at radius 3 is 2.47 bits per heavy atom. The van der Waals surface area contributed by atoms with Gasteiger partial charge in [-0.1, -0.05) is 19.1 Å². The topological polar surface area (TPSA) is 75.4 Å². The van der Waals surface area contributed by atoms with Crippen LogP contribution in [0.4, 0.5) is 5.69 Å². The Hall–Kier alpha value is -1.11. The zero-order valence-corrected chi connectivity index (χ0v) is 12.6. The number of rotatable bonds is 7. The van der Waals surface area contributed by atoms with E-state index in [1.165, 1.54) is 0 Å². The first-order valence-corrected chi connectivity index (χ1v) is 7.97. The lowest BCUT2D eigenvalue weighted by Crippen LogP contribution is -2.37. The Bertz CT molecular complexity index is 500. The first-order valence-electron chi connectivity index (χ1n) is 6.49. The molecular weight excluding hydrogens is 262 g/mol. The summed E-state index contributed by atoms with van der Waals surface area (Å²) in [5.74, 6) is 0. The van der Waals surface area contributed by atoms with Crippen LogP contribution in [-0.4, -0.2) is 34.1 Å². The second kappa shape index (κ2) is 6.88. The summed E-state index contributed by atoms with van der Waals surface area (Å²) >= 11 is 0. The van der Waals surface area contributed by atoms with E-state index >= 15 is 0 Å². The van der Waals surface area contributed by atoms with Crippen LogP contribution in [0.5, 0.6) is 0 Å². The van der Waals surface area contributed by atoms with Gasteiger partial charge in [-0.2, -0.15) is 0 Å². The van der Waals surface area contributed by atoms with Crippen LogP contribution in [0.1, 0.15) is 20.8 Å². The average Bonchev–Trinajstić information content (AvgIpc) is 2.35. The fraction of sp³-hybridized carbons (Fsp3) is 0.538. The highest BCUT2D eigenvalue weighted by Crippen LogP contribution is 2.26. The monoisotopic (exact) mass is 285 g/mol. The summed E-state index contributed by atoms with van der Waals surface area (Å²) < 4.78 is 27.0. The molecule has 3 N–H and O–H groups in total. The number of hydrogen-bond donors (Lipinski definition) is 2. The number of benzene rings is 1. The van der Waals surface area contributed by atoms with Gasteiger partial charge in [-0.25, -0.2) is 13.1 Å². The number of nitrogens with two attached hydrogens (primary N) is 1. The summed E-state index contributed by atoms with van der Waals surface area (Å²) in [5.41, 5.74) is 6.31. The summed E-state index contributed by atoms with van der Waals surface area (Å²) in [5, 5.41) is 0. The average molecular weight is 285 g/mol. The lowest BCUT2D eigenvalue weighted by atomic mass is 10.2. The number of nitrogens with one attached hydrogen (secondary N) is 1. The van der Waals surface area contributed by atoms with Crippen LogP contribution in [0.25, 0.3) is 0 Å². The number of sulfonamides is 1. The molecule has 0 amide bonds. The van der Waals surface area contributed by atoms with E-state index in [-0.39, 0.29) is 6.04 Å². The van der Waals surface area contributed by atoms with E-state index in [1.807, 2.05) is 30.9 Å². The zero-order valence-electron chi connectivity index (χ0n) is 11.8. The molecule has 0 unspecified atom stereocenters. The van der Waals surface area contributed by atoms with Gasteiger partial charge in [-0.3, -0.25) is 0 Å². The maximum atomic E-state index is 12.2. The molecule has 1 aromatic carbocycles. The molecule has 0 aliphatic heterocycles. The van der Waals surface area contributed by atoms with E-state index in [2.05, 4.69) is 4.72 Å². The molecule has 1 rings (SSSR count). The van der Waals surface area contributed by atoms with Crippen LogP contribution in [-0.2, 0) is 10.0 Å². The Morgan fingerprint density at radius 2 is 1.95 bits per heavy atom. The zero-order chi connectivity index (χ0) is 14.5. The third-order valence-electron chi connectivity index (χ3n) is 2.79. The first-order chi connectivity index (χ1) is 8.94. The Kier molecular flexibility index (Phi) is 5.78. The van der Waals surface area contributed by atoms with E-state index in [4.69, 9.17) is 5.73 Å². The maximum Gasteiger partial charge on any atom is 0.242 e. The van der Waals surface area contributed by atoms with E-state index in [0.29, 0.717) is 30.2 Å². The van der Waals surface area contributed by atoms with Crippen molar-refractivity contribution < 1.29 is 8.42 Å². The molecule has 1 aromatic rings. The van der Waals surface area contributed by atoms with Crippen LogP contribution in [0.3, 0.4) is 0 Å². The molecule has 0 heterocycles. The van der Waals surface area contributed by atoms with E-state index < -0.39 is 10.0 Å². The van der Waals surface area contributed by atoms with Gasteiger partial charge in [0.25, 0.3) is 0 Å². The quantitative estimate of drug-likeness (QED) is 0.788. The molecule has 0 fully saturated rings. The molecule has 0 atom stereocenters.